The number of thiophene rings is 1. The lowest BCUT2D eigenvalue weighted by atomic mass is 10.1. The van der Waals surface area contributed by atoms with Crippen molar-refractivity contribution in [1.29, 1.82) is 0 Å². The molecule has 0 amide bonds. The fraction of sp³-hybridized carbons (Fsp3) is 0.462. The summed E-state index contributed by atoms with van der Waals surface area (Å²) in [5.41, 5.74) is 8.44. The molecular weight excluding hydrogens is 310 g/mol. The molecule has 2 heterocycles. The SMILES string of the molecule is CCC(N)C(c1cccs1)n1nc(C)c(Br)c1C. The molecule has 2 rings (SSSR count). The average molecular weight is 328 g/mol. The van der Waals surface area contributed by atoms with Crippen molar-refractivity contribution >= 4 is 27.3 Å². The van der Waals surface area contributed by atoms with Crippen LogP contribution in [0.2, 0.25) is 0 Å². The zero-order valence-corrected chi connectivity index (χ0v) is 13.3. The monoisotopic (exact) mass is 327 g/mol. The molecule has 0 aliphatic heterocycles. The van der Waals surface area contributed by atoms with Crippen molar-refractivity contribution in [3.8, 4) is 0 Å². The van der Waals surface area contributed by atoms with E-state index in [0.29, 0.717) is 0 Å². The van der Waals surface area contributed by atoms with Crippen molar-refractivity contribution in [3.05, 3.63) is 38.3 Å². The van der Waals surface area contributed by atoms with Crippen molar-refractivity contribution in [3.63, 3.8) is 0 Å². The van der Waals surface area contributed by atoms with Gasteiger partial charge in [0.2, 0.25) is 0 Å². The summed E-state index contributed by atoms with van der Waals surface area (Å²) in [5, 5.41) is 6.72. The van der Waals surface area contributed by atoms with E-state index < -0.39 is 0 Å². The summed E-state index contributed by atoms with van der Waals surface area (Å²) in [5.74, 6) is 0. The van der Waals surface area contributed by atoms with Crippen LogP contribution in [0.3, 0.4) is 0 Å². The van der Waals surface area contributed by atoms with Gasteiger partial charge in [0.15, 0.2) is 0 Å². The van der Waals surface area contributed by atoms with E-state index >= 15 is 0 Å². The molecule has 18 heavy (non-hydrogen) atoms. The first-order valence-corrected chi connectivity index (χ1v) is 7.73. The van der Waals surface area contributed by atoms with E-state index in [9.17, 15) is 0 Å². The summed E-state index contributed by atoms with van der Waals surface area (Å²) >= 11 is 5.32. The Hall–Kier alpha value is -0.650. The Morgan fingerprint density at radius 1 is 1.50 bits per heavy atom. The molecule has 2 N–H and O–H groups in total. The minimum absolute atomic E-state index is 0.0774. The van der Waals surface area contributed by atoms with E-state index in [0.717, 1.165) is 22.3 Å². The van der Waals surface area contributed by atoms with E-state index in [1.807, 2.05) is 6.92 Å². The van der Waals surface area contributed by atoms with Crippen molar-refractivity contribution in [1.82, 2.24) is 9.78 Å². The quantitative estimate of drug-likeness (QED) is 0.931. The van der Waals surface area contributed by atoms with Gasteiger partial charge < -0.3 is 5.73 Å². The molecule has 0 aromatic carbocycles. The Labute approximate surface area is 120 Å². The Balaban J connectivity index is 2.50. The average Bonchev–Trinajstić information content (AvgIpc) is 2.96. The molecule has 0 bridgehead atoms. The van der Waals surface area contributed by atoms with Gasteiger partial charge in [-0.1, -0.05) is 13.0 Å². The lowest BCUT2D eigenvalue weighted by Crippen LogP contribution is -2.33. The van der Waals surface area contributed by atoms with Gasteiger partial charge in [0.1, 0.15) is 6.04 Å². The molecule has 0 aliphatic rings. The highest BCUT2D eigenvalue weighted by Gasteiger charge is 2.25. The second kappa shape index (κ2) is 5.55. The lowest BCUT2D eigenvalue weighted by molar-refractivity contribution is 0.421. The summed E-state index contributed by atoms with van der Waals surface area (Å²) < 4.78 is 3.13. The maximum atomic E-state index is 6.30. The Bertz CT molecular complexity index is 519. The molecule has 0 spiro atoms. The smallest absolute Gasteiger partial charge is 0.101 e. The minimum atomic E-state index is 0.0774. The number of hydrogen-bond acceptors (Lipinski definition) is 3. The second-order valence-corrected chi connectivity index (χ2v) is 6.23. The molecule has 98 valence electrons. The number of hydrogen-bond donors (Lipinski definition) is 1. The molecule has 0 saturated carbocycles. The minimum Gasteiger partial charge on any atom is -0.326 e. The Morgan fingerprint density at radius 2 is 2.22 bits per heavy atom. The molecule has 2 unspecified atom stereocenters. The number of aromatic nitrogens is 2. The molecule has 2 aromatic heterocycles. The van der Waals surface area contributed by atoms with Crippen LogP contribution in [-0.2, 0) is 0 Å². The molecule has 0 fully saturated rings. The van der Waals surface area contributed by atoms with Crippen LogP contribution in [0.15, 0.2) is 22.0 Å². The van der Waals surface area contributed by atoms with Crippen molar-refractivity contribution < 1.29 is 0 Å². The standard InChI is InChI=1S/C13H18BrN3S/c1-4-10(15)13(11-6-5-7-18-11)17-9(3)12(14)8(2)16-17/h5-7,10,13H,4,15H2,1-3H3. The molecule has 5 heteroatoms. The van der Waals surface area contributed by atoms with E-state index in [2.05, 4.69) is 57.1 Å². The maximum absolute atomic E-state index is 6.30. The topological polar surface area (TPSA) is 43.8 Å². The lowest BCUT2D eigenvalue weighted by Gasteiger charge is -2.23. The van der Waals surface area contributed by atoms with Gasteiger partial charge in [0.05, 0.1) is 15.9 Å². The third kappa shape index (κ3) is 2.39. The zero-order valence-electron chi connectivity index (χ0n) is 10.9. The van der Waals surface area contributed by atoms with Crippen molar-refractivity contribution in [2.24, 2.45) is 5.73 Å². The van der Waals surface area contributed by atoms with Crippen LogP contribution in [0, 0.1) is 13.8 Å². The van der Waals surface area contributed by atoms with Crippen LogP contribution >= 0.6 is 27.3 Å². The van der Waals surface area contributed by atoms with Gasteiger partial charge in [-0.2, -0.15) is 5.10 Å². The maximum Gasteiger partial charge on any atom is 0.101 e. The first kappa shape index (κ1) is 13.8. The molecule has 0 aliphatic carbocycles. The van der Waals surface area contributed by atoms with Gasteiger partial charge in [0, 0.05) is 10.9 Å². The predicted molar refractivity (Wildman–Crippen MR) is 80.1 cm³/mol. The van der Waals surface area contributed by atoms with Crippen LogP contribution in [-0.4, -0.2) is 15.8 Å². The number of aryl methyl sites for hydroxylation is 1. The van der Waals surface area contributed by atoms with E-state index in [1.165, 1.54) is 4.88 Å². The fourth-order valence-corrected chi connectivity index (χ4v) is 3.26. The van der Waals surface area contributed by atoms with Gasteiger partial charge in [-0.25, -0.2) is 0 Å². The highest BCUT2D eigenvalue weighted by molar-refractivity contribution is 9.10. The second-order valence-electron chi connectivity index (χ2n) is 4.46. The molecule has 0 saturated heterocycles. The third-order valence-corrected chi connectivity index (χ3v) is 5.30. The van der Waals surface area contributed by atoms with Crippen LogP contribution < -0.4 is 5.73 Å². The van der Waals surface area contributed by atoms with Gasteiger partial charge in [-0.3, -0.25) is 4.68 Å². The normalized spacial score (nSPS) is 14.7. The third-order valence-electron chi connectivity index (χ3n) is 3.21. The van der Waals surface area contributed by atoms with Gasteiger partial charge in [0.25, 0.3) is 0 Å². The molecule has 2 aromatic rings. The predicted octanol–water partition coefficient (Wildman–Crippen LogP) is 3.65. The van der Waals surface area contributed by atoms with Crippen LogP contribution in [0.1, 0.15) is 35.7 Å². The highest BCUT2D eigenvalue weighted by atomic mass is 79.9. The molecular formula is C13H18BrN3S. The highest BCUT2D eigenvalue weighted by Crippen LogP contribution is 2.31. The first-order chi connectivity index (χ1) is 8.56. The van der Waals surface area contributed by atoms with Gasteiger partial charge in [-0.05, 0) is 47.6 Å². The summed E-state index contributed by atoms with van der Waals surface area (Å²) in [6.45, 7) is 6.20. The van der Waals surface area contributed by atoms with Crippen LogP contribution in [0.4, 0.5) is 0 Å². The summed E-state index contributed by atoms with van der Waals surface area (Å²) in [6, 6.07) is 4.40. The summed E-state index contributed by atoms with van der Waals surface area (Å²) in [4.78, 5) is 1.27. The number of nitrogens with two attached hydrogens (primary N) is 1. The fourth-order valence-electron chi connectivity index (χ4n) is 2.11. The van der Waals surface area contributed by atoms with Crippen LogP contribution in [0.5, 0.6) is 0 Å². The van der Waals surface area contributed by atoms with E-state index in [4.69, 9.17) is 5.73 Å². The molecule has 3 nitrogen and oxygen atoms in total. The first-order valence-electron chi connectivity index (χ1n) is 6.06. The van der Waals surface area contributed by atoms with Crippen LogP contribution in [0.25, 0.3) is 0 Å². The number of halogens is 1. The van der Waals surface area contributed by atoms with Crippen molar-refractivity contribution in [2.75, 3.05) is 0 Å². The summed E-state index contributed by atoms with van der Waals surface area (Å²) in [7, 11) is 0. The number of rotatable bonds is 4. The molecule has 0 radical (unpaired) electrons. The zero-order chi connectivity index (χ0) is 13.3. The van der Waals surface area contributed by atoms with E-state index in [1.54, 1.807) is 11.3 Å². The number of nitrogens with zero attached hydrogens (tertiary/aromatic N) is 2. The molecule has 2 atom stereocenters. The van der Waals surface area contributed by atoms with Gasteiger partial charge >= 0.3 is 0 Å². The van der Waals surface area contributed by atoms with E-state index in [-0.39, 0.29) is 12.1 Å². The Morgan fingerprint density at radius 3 is 2.67 bits per heavy atom. The Kier molecular flexibility index (Phi) is 4.25. The van der Waals surface area contributed by atoms with Gasteiger partial charge in [-0.15, -0.1) is 11.3 Å². The largest absolute Gasteiger partial charge is 0.326 e. The summed E-state index contributed by atoms with van der Waals surface area (Å²) in [6.07, 6.45) is 0.929. The van der Waals surface area contributed by atoms with Crippen molar-refractivity contribution in [2.45, 2.75) is 39.3 Å².